The lowest BCUT2D eigenvalue weighted by molar-refractivity contribution is -0.113. The van der Waals surface area contributed by atoms with Crippen molar-refractivity contribution in [3.63, 3.8) is 0 Å². The number of amides is 2. The molecule has 4 aromatic carbocycles. The fourth-order valence-corrected chi connectivity index (χ4v) is 5.31. The van der Waals surface area contributed by atoms with Gasteiger partial charge in [-0.05, 0) is 72.3 Å². The molecule has 11 heteroatoms. The zero-order chi connectivity index (χ0) is 31.8. The number of benzene rings is 4. The molecule has 5 rings (SSSR count). The zero-order valence-corrected chi connectivity index (χ0v) is 25.6. The first-order valence-corrected chi connectivity index (χ1v) is 14.7. The lowest BCUT2D eigenvalue weighted by atomic mass is 10.1. The Morgan fingerprint density at radius 3 is 2.24 bits per heavy atom. The van der Waals surface area contributed by atoms with Crippen LogP contribution in [-0.4, -0.2) is 51.5 Å². The van der Waals surface area contributed by atoms with Crippen LogP contribution in [0.15, 0.2) is 95.5 Å². The van der Waals surface area contributed by atoms with Gasteiger partial charge in [-0.1, -0.05) is 24.3 Å². The molecule has 1 aliphatic rings. The van der Waals surface area contributed by atoms with Crippen LogP contribution < -0.4 is 34.3 Å². The Balaban J connectivity index is 1.35. The lowest BCUT2D eigenvalue weighted by Crippen LogP contribution is -2.30. The van der Waals surface area contributed by atoms with Crippen molar-refractivity contribution in [2.45, 2.75) is 4.90 Å². The van der Waals surface area contributed by atoms with E-state index >= 15 is 0 Å². The third-order valence-corrected chi connectivity index (χ3v) is 7.68. The molecule has 0 spiro atoms. The van der Waals surface area contributed by atoms with Crippen LogP contribution in [0.3, 0.4) is 0 Å². The minimum Gasteiger partial charge on any atom is -0.493 e. The molecule has 45 heavy (non-hydrogen) atoms. The Hall–Kier alpha value is -5.42. The number of anilines is 1. The Morgan fingerprint density at radius 1 is 0.800 bits per heavy atom. The maximum atomic E-state index is 13.6. The van der Waals surface area contributed by atoms with Crippen molar-refractivity contribution in [1.82, 2.24) is 5.32 Å². The molecule has 10 nitrogen and oxygen atoms in total. The molecule has 0 fully saturated rings. The molecule has 2 amide bonds. The van der Waals surface area contributed by atoms with Gasteiger partial charge in [0.1, 0.15) is 5.70 Å². The molecule has 0 bridgehead atoms. The molecule has 4 aromatic rings. The number of ketones is 1. The highest BCUT2D eigenvalue weighted by Crippen LogP contribution is 2.39. The summed E-state index contributed by atoms with van der Waals surface area (Å²) in [4.78, 5) is 40.3. The van der Waals surface area contributed by atoms with Crippen molar-refractivity contribution in [3.05, 3.63) is 107 Å². The monoisotopic (exact) mass is 626 g/mol. The zero-order valence-electron chi connectivity index (χ0n) is 24.7. The quantitative estimate of drug-likeness (QED) is 0.114. The number of carbonyl (C=O) groups excluding carboxylic acids is 3. The molecule has 0 atom stereocenters. The predicted molar refractivity (Wildman–Crippen MR) is 171 cm³/mol. The van der Waals surface area contributed by atoms with Crippen LogP contribution in [-0.2, 0) is 4.79 Å². The van der Waals surface area contributed by atoms with Crippen LogP contribution in [0.1, 0.15) is 26.3 Å². The van der Waals surface area contributed by atoms with E-state index in [9.17, 15) is 14.4 Å². The third kappa shape index (κ3) is 7.57. The van der Waals surface area contributed by atoms with Gasteiger partial charge in [-0.2, -0.15) is 0 Å². The fraction of sp³-hybridized carbons (Fsp3) is 0.147. The Bertz CT molecular complexity index is 1730. The summed E-state index contributed by atoms with van der Waals surface area (Å²) in [6.45, 7) is 0.134. The van der Waals surface area contributed by atoms with E-state index in [2.05, 4.69) is 10.6 Å². The normalized spacial score (nSPS) is 11.8. The highest BCUT2D eigenvalue weighted by Gasteiger charge is 2.19. The predicted octanol–water partition coefficient (Wildman–Crippen LogP) is 5.83. The van der Waals surface area contributed by atoms with Gasteiger partial charge in [0.05, 0.1) is 27.1 Å². The molecule has 2 N–H and O–H groups in total. The Kier molecular flexibility index (Phi) is 9.90. The SMILES string of the molecule is COc1cc(/C=C(\NC(=O)c2ccccc2)C(=O)Nc2cccc(SCC(=O)c3ccc4c(c3)OCO4)c2)cc(OC)c1OC. The number of ether oxygens (including phenoxy) is 5. The van der Waals surface area contributed by atoms with E-state index in [4.69, 9.17) is 23.7 Å². The third-order valence-electron chi connectivity index (χ3n) is 6.68. The van der Waals surface area contributed by atoms with E-state index in [1.165, 1.54) is 39.2 Å². The summed E-state index contributed by atoms with van der Waals surface area (Å²) in [6.07, 6.45) is 1.52. The van der Waals surface area contributed by atoms with E-state index < -0.39 is 11.8 Å². The van der Waals surface area contributed by atoms with Crippen LogP contribution in [0.25, 0.3) is 6.08 Å². The summed E-state index contributed by atoms with van der Waals surface area (Å²) in [5.41, 5.74) is 1.88. The molecule has 0 radical (unpaired) electrons. The maximum Gasteiger partial charge on any atom is 0.272 e. The highest BCUT2D eigenvalue weighted by molar-refractivity contribution is 8.00. The summed E-state index contributed by atoms with van der Waals surface area (Å²) in [6, 6.07) is 24.1. The minimum atomic E-state index is -0.563. The van der Waals surface area contributed by atoms with Gasteiger partial charge in [0, 0.05) is 21.7 Å². The number of hydrogen-bond donors (Lipinski definition) is 2. The number of carbonyl (C=O) groups is 3. The topological polar surface area (TPSA) is 121 Å². The largest absolute Gasteiger partial charge is 0.493 e. The van der Waals surface area contributed by atoms with Gasteiger partial charge in [0.2, 0.25) is 12.5 Å². The van der Waals surface area contributed by atoms with Crippen molar-refractivity contribution < 1.29 is 38.1 Å². The van der Waals surface area contributed by atoms with Gasteiger partial charge in [-0.25, -0.2) is 0 Å². The second kappa shape index (κ2) is 14.4. The molecular formula is C34H30N2O8S. The minimum absolute atomic E-state index is 0.0193. The molecule has 0 aliphatic carbocycles. The average molecular weight is 627 g/mol. The van der Waals surface area contributed by atoms with Gasteiger partial charge in [0.25, 0.3) is 11.8 Å². The molecule has 230 valence electrons. The molecule has 0 unspecified atom stereocenters. The van der Waals surface area contributed by atoms with E-state index in [0.29, 0.717) is 51.1 Å². The van der Waals surface area contributed by atoms with Gasteiger partial charge in [0.15, 0.2) is 28.8 Å². The van der Waals surface area contributed by atoms with Gasteiger partial charge in [-0.3, -0.25) is 14.4 Å². The number of hydrogen-bond acceptors (Lipinski definition) is 9. The summed E-state index contributed by atoms with van der Waals surface area (Å²) in [5.74, 6) is 1.40. The smallest absolute Gasteiger partial charge is 0.272 e. The Labute approximate surface area is 264 Å². The molecule has 1 heterocycles. The number of fused-ring (bicyclic) bond motifs is 1. The summed E-state index contributed by atoms with van der Waals surface area (Å²) in [7, 11) is 4.47. The van der Waals surface area contributed by atoms with Crippen molar-refractivity contribution in [2.24, 2.45) is 0 Å². The summed E-state index contributed by atoms with van der Waals surface area (Å²) in [5, 5.41) is 5.57. The highest BCUT2D eigenvalue weighted by atomic mass is 32.2. The lowest BCUT2D eigenvalue weighted by Gasteiger charge is -2.15. The fourth-order valence-electron chi connectivity index (χ4n) is 4.46. The molecular weight excluding hydrogens is 596 g/mol. The van der Waals surface area contributed by atoms with Gasteiger partial charge < -0.3 is 34.3 Å². The number of rotatable bonds is 12. The van der Waals surface area contributed by atoms with Gasteiger partial charge in [-0.15, -0.1) is 11.8 Å². The number of Topliss-reactive ketones (excluding diaryl/α,β-unsaturated/α-hetero) is 1. The second-order valence-corrected chi connectivity index (χ2v) is 10.6. The molecule has 0 aromatic heterocycles. The summed E-state index contributed by atoms with van der Waals surface area (Å²) < 4.78 is 27.0. The van der Waals surface area contributed by atoms with Crippen LogP contribution in [0, 0.1) is 0 Å². The standard InChI is InChI=1S/C34H30N2O8S/c1-40-30-15-21(16-31(41-2)32(30)42-3)14-26(36-33(38)22-8-5-4-6-9-22)34(39)35-24-10-7-11-25(18-24)45-19-27(37)23-12-13-28-29(17-23)44-20-43-28/h4-18H,19-20H2,1-3H3,(H,35,39)(H,36,38)/b26-14-. The van der Waals surface area contributed by atoms with Crippen molar-refractivity contribution in [1.29, 1.82) is 0 Å². The van der Waals surface area contributed by atoms with Gasteiger partial charge >= 0.3 is 0 Å². The molecule has 1 aliphatic heterocycles. The average Bonchev–Trinajstić information content (AvgIpc) is 3.55. The number of methoxy groups -OCH3 is 3. The first-order chi connectivity index (χ1) is 21.9. The van der Waals surface area contributed by atoms with E-state index in [-0.39, 0.29) is 24.0 Å². The molecule has 0 saturated carbocycles. The van der Waals surface area contributed by atoms with E-state index in [1.807, 2.05) is 6.07 Å². The van der Waals surface area contributed by atoms with E-state index in [0.717, 1.165) is 4.90 Å². The number of thioether (sulfide) groups is 1. The first kappa shape index (κ1) is 31.0. The van der Waals surface area contributed by atoms with Crippen molar-refractivity contribution in [2.75, 3.05) is 39.2 Å². The van der Waals surface area contributed by atoms with Crippen molar-refractivity contribution >= 4 is 41.1 Å². The van der Waals surface area contributed by atoms with Crippen LogP contribution >= 0.6 is 11.8 Å². The van der Waals surface area contributed by atoms with Crippen LogP contribution in [0.5, 0.6) is 28.7 Å². The van der Waals surface area contributed by atoms with Crippen molar-refractivity contribution in [3.8, 4) is 28.7 Å². The first-order valence-electron chi connectivity index (χ1n) is 13.7. The van der Waals surface area contributed by atoms with E-state index in [1.54, 1.807) is 78.9 Å². The summed E-state index contributed by atoms with van der Waals surface area (Å²) >= 11 is 1.33. The molecule has 0 saturated heterocycles. The Morgan fingerprint density at radius 2 is 1.53 bits per heavy atom. The number of nitrogens with one attached hydrogen (secondary N) is 2. The second-order valence-electron chi connectivity index (χ2n) is 9.60. The van der Waals surface area contributed by atoms with Crippen LogP contribution in [0.2, 0.25) is 0 Å². The van der Waals surface area contributed by atoms with Crippen LogP contribution in [0.4, 0.5) is 5.69 Å². The maximum absolute atomic E-state index is 13.6.